The van der Waals surface area contributed by atoms with Crippen molar-refractivity contribution in [1.29, 1.82) is 0 Å². The maximum Gasteiger partial charge on any atom is 0.126 e. The minimum Gasteiger partial charge on any atom is -0.488 e. The molecule has 0 spiro atoms. The summed E-state index contributed by atoms with van der Waals surface area (Å²) in [6.07, 6.45) is -0.722. The van der Waals surface area contributed by atoms with E-state index in [0.717, 1.165) is 10.0 Å². The van der Waals surface area contributed by atoms with E-state index < -0.39 is 6.10 Å². The molecule has 100 valence electrons. The van der Waals surface area contributed by atoms with Crippen LogP contribution in [-0.4, -0.2) is 11.0 Å². The molecule has 0 amide bonds. The van der Waals surface area contributed by atoms with Gasteiger partial charge in [0.15, 0.2) is 0 Å². The summed E-state index contributed by atoms with van der Waals surface area (Å²) in [7, 11) is 0. The van der Waals surface area contributed by atoms with Crippen molar-refractivity contribution < 1.29 is 9.84 Å². The Kier molecular flexibility index (Phi) is 5.25. The molecule has 0 saturated carbocycles. The fourth-order valence-corrected chi connectivity index (χ4v) is 2.23. The standard InChI is InChI=1S/C15H14BrClO2/c16-12-6-7-13(14(18)9-17)15(8-12)19-10-11-4-2-1-3-5-11/h1-8,14,18H,9-10H2/t14-/m0/s1. The van der Waals surface area contributed by atoms with Crippen molar-refractivity contribution in [2.45, 2.75) is 12.7 Å². The van der Waals surface area contributed by atoms with E-state index in [-0.39, 0.29) is 5.88 Å². The van der Waals surface area contributed by atoms with Crippen LogP contribution >= 0.6 is 27.5 Å². The van der Waals surface area contributed by atoms with Crippen molar-refractivity contribution in [2.75, 3.05) is 5.88 Å². The van der Waals surface area contributed by atoms with Crippen LogP contribution in [0.5, 0.6) is 5.75 Å². The molecule has 0 aromatic heterocycles. The molecule has 2 aromatic rings. The smallest absolute Gasteiger partial charge is 0.126 e. The SMILES string of the molecule is O[C@@H](CCl)c1ccc(Br)cc1OCc1ccccc1. The molecular formula is C15H14BrClO2. The maximum atomic E-state index is 9.87. The zero-order valence-electron chi connectivity index (χ0n) is 10.2. The Hall–Kier alpha value is -1.03. The van der Waals surface area contributed by atoms with Crippen LogP contribution in [0.25, 0.3) is 0 Å². The molecule has 0 unspecified atom stereocenters. The van der Waals surface area contributed by atoms with Crippen molar-refractivity contribution in [3.8, 4) is 5.75 Å². The molecule has 0 saturated heterocycles. The summed E-state index contributed by atoms with van der Waals surface area (Å²) in [5.74, 6) is 0.787. The molecule has 2 aromatic carbocycles. The fraction of sp³-hybridized carbons (Fsp3) is 0.200. The molecule has 0 aliphatic rings. The van der Waals surface area contributed by atoms with Gasteiger partial charge in [-0.25, -0.2) is 0 Å². The van der Waals surface area contributed by atoms with E-state index in [9.17, 15) is 5.11 Å². The molecule has 1 atom stereocenters. The molecule has 0 fully saturated rings. The highest BCUT2D eigenvalue weighted by Gasteiger charge is 2.13. The van der Waals surface area contributed by atoms with Crippen LogP contribution < -0.4 is 4.74 Å². The van der Waals surface area contributed by atoms with Gasteiger partial charge in [0.25, 0.3) is 0 Å². The highest BCUT2D eigenvalue weighted by atomic mass is 79.9. The van der Waals surface area contributed by atoms with Gasteiger partial charge in [0, 0.05) is 10.0 Å². The first-order chi connectivity index (χ1) is 9.20. The van der Waals surface area contributed by atoms with Gasteiger partial charge in [-0.2, -0.15) is 0 Å². The van der Waals surface area contributed by atoms with Crippen molar-refractivity contribution >= 4 is 27.5 Å². The minimum atomic E-state index is -0.722. The summed E-state index contributed by atoms with van der Waals surface area (Å²) < 4.78 is 6.68. The van der Waals surface area contributed by atoms with E-state index in [2.05, 4.69) is 15.9 Å². The number of alkyl halides is 1. The summed E-state index contributed by atoms with van der Waals surface area (Å²) in [6, 6.07) is 15.4. The van der Waals surface area contributed by atoms with Crippen molar-refractivity contribution in [2.24, 2.45) is 0 Å². The van der Waals surface area contributed by atoms with E-state index in [0.29, 0.717) is 17.9 Å². The third-order valence-corrected chi connectivity index (χ3v) is 3.50. The quantitative estimate of drug-likeness (QED) is 0.822. The summed E-state index contributed by atoms with van der Waals surface area (Å²) in [5, 5.41) is 9.87. The summed E-state index contributed by atoms with van der Waals surface area (Å²) in [5.41, 5.74) is 1.78. The molecule has 0 bridgehead atoms. The Balaban J connectivity index is 2.16. The van der Waals surface area contributed by atoms with Gasteiger partial charge in [-0.15, -0.1) is 11.6 Å². The van der Waals surface area contributed by atoms with E-state index in [1.54, 1.807) is 0 Å². The van der Waals surface area contributed by atoms with E-state index in [1.807, 2.05) is 48.5 Å². The number of halogens is 2. The first-order valence-corrected chi connectivity index (χ1v) is 7.23. The third-order valence-electron chi connectivity index (χ3n) is 2.72. The molecule has 19 heavy (non-hydrogen) atoms. The Labute approximate surface area is 126 Å². The average Bonchev–Trinajstić information content (AvgIpc) is 2.45. The molecule has 0 heterocycles. The van der Waals surface area contributed by atoms with Gasteiger partial charge in [-0.1, -0.05) is 52.3 Å². The highest BCUT2D eigenvalue weighted by molar-refractivity contribution is 9.10. The van der Waals surface area contributed by atoms with Gasteiger partial charge in [0.1, 0.15) is 12.4 Å². The second-order valence-electron chi connectivity index (χ2n) is 4.13. The monoisotopic (exact) mass is 340 g/mol. The molecule has 4 heteroatoms. The van der Waals surface area contributed by atoms with Crippen LogP contribution in [0, 0.1) is 0 Å². The van der Waals surface area contributed by atoms with Gasteiger partial charge in [0.2, 0.25) is 0 Å². The van der Waals surface area contributed by atoms with Crippen LogP contribution in [0.4, 0.5) is 0 Å². The van der Waals surface area contributed by atoms with Crippen molar-refractivity contribution in [1.82, 2.24) is 0 Å². The van der Waals surface area contributed by atoms with Crippen molar-refractivity contribution in [3.05, 3.63) is 64.1 Å². The predicted molar refractivity (Wildman–Crippen MR) is 80.6 cm³/mol. The van der Waals surface area contributed by atoms with Crippen LogP contribution in [0.15, 0.2) is 53.0 Å². The topological polar surface area (TPSA) is 29.5 Å². The average molecular weight is 342 g/mol. The van der Waals surface area contributed by atoms with E-state index in [4.69, 9.17) is 16.3 Å². The molecule has 1 N–H and O–H groups in total. The molecular weight excluding hydrogens is 328 g/mol. The van der Waals surface area contributed by atoms with Gasteiger partial charge in [-0.05, 0) is 17.7 Å². The van der Waals surface area contributed by atoms with E-state index in [1.165, 1.54) is 0 Å². The van der Waals surface area contributed by atoms with Gasteiger partial charge in [0.05, 0.1) is 12.0 Å². The second-order valence-corrected chi connectivity index (χ2v) is 5.35. The number of aliphatic hydroxyl groups excluding tert-OH is 1. The highest BCUT2D eigenvalue weighted by Crippen LogP contribution is 2.30. The lowest BCUT2D eigenvalue weighted by atomic mass is 10.1. The normalized spacial score (nSPS) is 12.2. The fourth-order valence-electron chi connectivity index (χ4n) is 1.73. The zero-order valence-corrected chi connectivity index (χ0v) is 12.6. The van der Waals surface area contributed by atoms with Gasteiger partial charge < -0.3 is 9.84 Å². The zero-order chi connectivity index (χ0) is 13.7. The van der Waals surface area contributed by atoms with Crippen LogP contribution in [-0.2, 0) is 6.61 Å². The largest absolute Gasteiger partial charge is 0.488 e. The number of aliphatic hydroxyl groups is 1. The lowest BCUT2D eigenvalue weighted by molar-refractivity contribution is 0.193. The van der Waals surface area contributed by atoms with Crippen molar-refractivity contribution in [3.63, 3.8) is 0 Å². The second kappa shape index (κ2) is 6.94. The minimum absolute atomic E-state index is 0.142. The Bertz CT molecular complexity index is 531. The molecule has 2 rings (SSSR count). The lowest BCUT2D eigenvalue weighted by Crippen LogP contribution is -2.04. The molecule has 0 aliphatic carbocycles. The Morgan fingerprint density at radius 3 is 2.58 bits per heavy atom. The maximum absolute atomic E-state index is 9.87. The Morgan fingerprint density at radius 1 is 1.16 bits per heavy atom. The molecule has 2 nitrogen and oxygen atoms in total. The number of ether oxygens (including phenoxy) is 1. The van der Waals surface area contributed by atoms with E-state index >= 15 is 0 Å². The number of hydrogen-bond donors (Lipinski definition) is 1. The first-order valence-electron chi connectivity index (χ1n) is 5.91. The molecule has 0 radical (unpaired) electrons. The Morgan fingerprint density at radius 2 is 1.89 bits per heavy atom. The van der Waals surface area contributed by atoms with Gasteiger partial charge in [-0.3, -0.25) is 0 Å². The van der Waals surface area contributed by atoms with Crippen LogP contribution in [0.2, 0.25) is 0 Å². The summed E-state index contributed by atoms with van der Waals surface area (Å²) in [6.45, 7) is 0.458. The number of benzene rings is 2. The number of rotatable bonds is 5. The lowest BCUT2D eigenvalue weighted by Gasteiger charge is -2.15. The van der Waals surface area contributed by atoms with Crippen LogP contribution in [0.1, 0.15) is 17.2 Å². The predicted octanol–water partition coefficient (Wildman–Crippen LogP) is 4.30. The summed E-state index contributed by atoms with van der Waals surface area (Å²) >= 11 is 9.10. The third kappa shape index (κ3) is 3.96. The number of hydrogen-bond acceptors (Lipinski definition) is 2. The molecule has 0 aliphatic heterocycles. The van der Waals surface area contributed by atoms with Gasteiger partial charge >= 0.3 is 0 Å². The van der Waals surface area contributed by atoms with Crippen LogP contribution in [0.3, 0.4) is 0 Å². The summed E-state index contributed by atoms with van der Waals surface area (Å²) in [4.78, 5) is 0. The first kappa shape index (κ1) is 14.4.